The van der Waals surface area contributed by atoms with Gasteiger partial charge >= 0.3 is 0 Å². The van der Waals surface area contributed by atoms with Crippen molar-refractivity contribution in [3.63, 3.8) is 0 Å². The number of nitrogens with zero attached hydrogens (tertiary/aromatic N) is 1. The van der Waals surface area contributed by atoms with Crippen molar-refractivity contribution in [3.8, 4) is 0 Å². The molecule has 1 N–H and O–H groups in total. The second-order valence-electron chi connectivity index (χ2n) is 6.32. The summed E-state index contributed by atoms with van der Waals surface area (Å²) >= 11 is 1.81. The van der Waals surface area contributed by atoms with Gasteiger partial charge in [0.05, 0.1) is 6.54 Å². The van der Waals surface area contributed by atoms with Crippen LogP contribution in [0.25, 0.3) is 0 Å². The fourth-order valence-corrected chi connectivity index (χ4v) is 5.27. The number of furan rings is 1. The summed E-state index contributed by atoms with van der Waals surface area (Å²) in [5.41, 5.74) is 0. The van der Waals surface area contributed by atoms with Crippen LogP contribution < -0.4 is 5.32 Å². The summed E-state index contributed by atoms with van der Waals surface area (Å²) in [7, 11) is -3.51. The largest absolute Gasteiger partial charge is 0.447 e. The third-order valence-electron chi connectivity index (χ3n) is 3.76. The normalized spacial score (nSPS) is 23.3. The van der Waals surface area contributed by atoms with Crippen LogP contribution in [0, 0.1) is 0 Å². The number of hydrogen-bond donors (Lipinski definition) is 1. The van der Waals surface area contributed by atoms with Crippen LogP contribution in [0.1, 0.15) is 32.4 Å². The second-order valence-corrected chi connectivity index (χ2v) is 9.99. The third-order valence-corrected chi connectivity index (χ3v) is 6.78. The fraction of sp³-hybridized carbons (Fsp3) is 0.714. The summed E-state index contributed by atoms with van der Waals surface area (Å²) in [5.74, 6) is 1.51. The first-order chi connectivity index (χ1) is 9.87. The predicted octanol–water partition coefficient (Wildman–Crippen LogP) is 2.05. The Labute approximate surface area is 130 Å². The van der Waals surface area contributed by atoms with Gasteiger partial charge in [0.1, 0.15) is 5.76 Å². The molecule has 0 atom stereocenters. The number of sulfonamides is 1. The van der Waals surface area contributed by atoms with E-state index in [2.05, 4.69) is 19.2 Å². The first kappa shape index (κ1) is 15.4. The van der Waals surface area contributed by atoms with Gasteiger partial charge in [0.2, 0.25) is 5.09 Å². The lowest BCUT2D eigenvalue weighted by Gasteiger charge is -2.36. The molecule has 0 radical (unpaired) electrons. The van der Waals surface area contributed by atoms with Gasteiger partial charge < -0.3 is 9.73 Å². The zero-order chi connectivity index (χ0) is 15.1. The van der Waals surface area contributed by atoms with Crippen molar-refractivity contribution < 1.29 is 12.8 Å². The minimum absolute atomic E-state index is 0.0473. The lowest BCUT2D eigenvalue weighted by atomic mass is 10.2. The van der Waals surface area contributed by atoms with Crippen molar-refractivity contribution >= 4 is 21.8 Å². The van der Waals surface area contributed by atoms with E-state index in [4.69, 9.17) is 4.42 Å². The van der Waals surface area contributed by atoms with Crippen LogP contribution in [0.4, 0.5) is 0 Å². The van der Waals surface area contributed by atoms with Crippen molar-refractivity contribution in [2.24, 2.45) is 0 Å². The molecule has 1 saturated carbocycles. The van der Waals surface area contributed by atoms with Crippen molar-refractivity contribution in [1.82, 2.24) is 9.62 Å². The zero-order valence-corrected chi connectivity index (χ0v) is 14.1. The van der Waals surface area contributed by atoms with E-state index in [1.807, 2.05) is 11.8 Å². The monoisotopic (exact) mass is 330 g/mol. The molecule has 0 bridgehead atoms. The lowest BCUT2D eigenvalue weighted by molar-refractivity contribution is 0.352. The highest BCUT2D eigenvalue weighted by atomic mass is 32.2. The van der Waals surface area contributed by atoms with E-state index in [0.29, 0.717) is 31.4 Å². The van der Waals surface area contributed by atoms with E-state index in [1.54, 1.807) is 16.4 Å². The number of nitrogens with one attached hydrogen (secondary N) is 1. The van der Waals surface area contributed by atoms with E-state index in [-0.39, 0.29) is 9.84 Å². The van der Waals surface area contributed by atoms with Gasteiger partial charge in [-0.05, 0) is 38.8 Å². The molecule has 118 valence electrons. The van der Waals surface area contributed by atoms with Gasteiger partial charge in [0, 0.05) is 29.6 Å². The molecule has 1 aromatic rings. The summed E-state index contributed by atoms with van der Waals surface area (Å²) in [6.07, 6.45) is 2.40. The Morgan fingerprint density at radius 3 is 2.86 bits per heavy atom. The molecule has 1 saturated heterocycles. The van der Waals surface area contributed by atoms with E-state index >= 15 is 0 Å². The Balaban J connectivity index is 1.71. The molecule has 1 aliphatic carbocycles. The zero-order valence-electron chi connectivity index (χ0n) is 12.5. The molecule has 0 unspecified atom stereocenters. The number of hydrogen-bond acceptors (Lipinski definition) is 5. The van der Waals surface area contributed by atoms with Crippen molar-refractivity contribution in [2.45, 2.75) is 49.1 Å². The van der Waals surface area contributed by atoms with E-state index < -0.39 is 10.0 Å². The van der Waals surface area contributed by atoms with Crippen LogP contribution in [0.5, 0.6) is 0 Å². The Bertz CT molecular complexity index is 605. The topological polar surface area (TPSA) is 62.6 Å². The fourth-order valence-electron chi connectivity index (χ4n) is 2.43. The van der Waals surface area contributed by atoms with Crippen molar-refractivity contribution in [2.75, 3.05) is 18.8 Å². The molecule has 1 aliphatic heterocycles. The molecule has 0 amide bonds. The van der Waals surface area contributed by atoms with Gasteiger partial charge in [-0.3, -0.25) is 0 Å². The van der Waals surface area contributed by atoms with Gasteiger partial charge in [-0.15, -0.1) is 0 Å². The average Bonchev–Trinajstić information content (AvgIpc) is 3.11. The molecular formula is C14H22N2O3S2. The smallest absolute Gasteiger partial charge is 0.276 e. The molecule has 2 aliphatic rings. The van der Waals surface area contributed by atoms with Crippen LogP contribution in [0.3, 0.4) is 0 Å². The second kappa shape index (κ2) is 5.61. The molecule has 1 aromatic heterocycles. The number of rotatable bonds is 5. The predicted molar refractivity (Wildman–Crippen MR) is 83.9 cm³/mol. The van der Waals surface area contributed by atoms with Gasteiger partial charge in [-0.1, -0.05) is 0 Å². The average molecular weight is 330 g/mol. The maximum Gasteiger partial charge on any atom is 0.276 e. The molecule has 2 fully saturated rings. The standard InChI is InChI=1S/C14H22N2O3S2/c1-14(2)10-16(7-8-20-14)21(17,18)13-6-5-12(19-13)9-15-11-3-4-11/h5-6,11,15H,3-4,7-10H2,1-2H3. The summed E-state index contributed by atoms with van der Waals surface area (Å²) in [5, 5.41) is 3.39. The minimum atomic E-state index is -3.51. The Kier molecular flexibility index (Phi) is 4.11. The Morgan fingerprint density at radius 1 is 1.43 bits per heavy atom. The summed E-state index contributed by atoms with van der Waals surface area (Å²) in [6, 6.07) is 3.91. The molecule has 7 heteroatoms. The maximum absolute atomic E-state index is 12.6. The minimum Gasteiger partial charge on any atom is -0.447 e. The SMILES string of the molecule is CC1(C)CN(S(=O)(=O)c2ccc(CNC3CC3)o2)CCS1. The highest BCUT2D eigenvalue weighted by Crippen LogP contribution is 2.32. The molecule has 2 heterocycles. The highest BCUT2D eigenvalue weighted by molar-refractivity contribution is 8.00. The molecule has 21 heavy (non-hydrogen) atoms. The Morgan fingerprint density at radius 2 is 2.19 bits per heavy atom. The third kappa shape index (κ3) is 3.64. The van der Waals surface area contributed by atoms with Crippen molar-refractivity contribution in [1.29, 1.82) is 0 Å². The van der Waals surface area contributed by atoms with Gasteiger partial charge in [0.15, 0.2) is 0 Å². The molecular weight excluding hydrogens is 308 g/mol. The van der Waals surface area contributed by atoms with Crippen LogP contribution in [-0.2, 0) is 16.6 Å². The summed E-state index contributed by atoms with van der Waals surface area (Å²) in [6.45, 7) is 5.82. The van der Waals surface area contributed by atoms with Crippen LogP contribution >= 0.6 is 11.8 Å². The van der Waals surface area contributed by atoms with Crippen LogP contribution in [0.2, 0.25) is 0 Å². The van der Waals surface area contributed by atoms with Gasteiger partial charge in [0.25, 0.3) is 10.0 Å². The lowest BCUT2D eigenvalue weighted by Crippen LogP contribution is -2.45. The van der Waals surface area contributed by atoms with Gasteiger partial charge in [-0.25, -0.2) is 8.42 Å². The van der Waals surface area contributed by atoms with E-state index in [1.165, 1.54) is 12.8 Å². The van der Waals surface area contributed by atoms with E-state index in [0.717, 1.165) is 5.75 Å². The highest BCUT2D eigenvalue weighted by Gasteiger charge is 2.36. The van der Waals surface area contributed by atoms with Crippen LogP contribution in [0.15, 0.2) is 21.6 Å². The quantitative estimate of drug-likeness (QED) is 0.895. The maximum atomic E-state index is 12.6. The summed E-state index contributed by atoms with van der Waals surface area (Å²) in [4.78, 5) is 0. The van der Waals surface area contributed by atoms with Gasteiger partial charge in [-0.2, -0.15) is 16.1 Å². The van der Waals surface area contributed by atoms with E-state index in [9.17, 15) is 8.42 Å². The Hall–Kier alpha value is -0.500. The number of thioether (sulfide) groups is 1. The van der Waals surface area contributed by atoms with Crippen LogP contribution in [-0.4, -0.2) is 42.4 Å². The molecule has 0 spiro atoms. The summed E-state index contributed by atoms with van der Waals surface area (Å²) < 4.78 is 32.3. The first-order valence-corrected chi connectivity index (χ1v) is 9.76. The first-order valence-electron chi connectivity index (χ1n) is 7.33. The molecule has 5 nitrogen and oxygen atoms in total. The molecule has 3 rings (SSSR count). The molecule has 0 aromatic carbocycles. The van der Waals surface area contributed by atoms with Crippen molar-refractivity contribution in [3.05, 3.63) is 17.9 Å².